The number of rotatable bonds is 2. The van der Waals surface area contributed by atoms with E-state index in [1.54, 1.807) is 6.07 Å². The number of alkyl halides is 3. The van der Waals surface area contributed by atoms with E-state index in [9.17, 15) is 13.2 Å². The SMILES string of the molecule is C/C=C(\C=C/c1cc(C(C)(C)C)ccc1N)C(F)(F)F. The molecular weight excluding hydrogens is 263 g/mol. The Morgan fingerprint density at radius 1 is 1.15 bits per heavy atom. The van der Waals surface area contributed by atoms with Crippen LogP contribution in [-0.4, -0.2) is 6.18 Å². The standard InChI is InChI=1S/C16H20F3N/c1-5-12(16(17,18)19)7-6-11-10-13(15(2,3)4)8-9-14(11)20/h5-10H,20H2,1-4H3/b7-6-,12-5+. The molecule has 2 N–H and O–H groups in total. The van der Waals surface area contributed by atoms with E-state index in [-0.39, 0.29) is 5.41 Å². The van der Waals surface area contributed by atoms with Crippen LogP contribution in [0, 0.1) is 0 Å². The second kappa shape index (κ2) is 5.73. The molecule has 0 aliphatic carbocycles. The van der Waals surface area contributed by atoms with Crippen molar-refractivity contribution in [3.05, 3.63) is 47.1 Å². The van der Waals surface area contributed by atoms with Crippen molar-refractivity contribution < 1.29 is 13.2 Å². The summed E-state index contributed by atoms with van der Waals surface area (Å²) in [4.78, 5) is 0. The van der Waals surface area contributed by atoms with Crippen LogP contribution in [0.5, 0.6) is 0 Å². The molecule has 20 heavy (non-hydrogen) atoms. The number of hydrogen-bond donors (Lipinski definition) is 1. The predicted molar refractivity (Wildman–Crippen MR) is 78.4 cm³/mol. The minimum Gasteiger partial charge on any atom is -0.398 e. The van der Waals surface area contributed by atoms with Crippen LogP contribution in [0.3, 0.4) is 0 Å². The molecule has 0 fully saturated rings. The average molecular weight is 283 g/mol. The molecule has 0 radical (unpaired) electrons. The lowest BCUT2D eigenvalue weighted by Gasteiger charge is -2.20. The van der Waals surface area contributed by atoms with Crippen molar-refractivity contribution in [2.45, 2.75) is 39.3 Å². The number of benzene rings is 1. The first-order valence-electron chi connectivity index (χ1n) is 6.37. The molecule has 1 aromatic carbocycles. The quantitative estimate of drug-likeness (QED) is 0.594. The van der Waals surface area contributed by atoms with Gasteiger partial charge in [-0.05, 0) is 41.7 Å². The Kier molecular flexibility index (Phi) is 4.69. The number of anilines is 1. The topological polar surface area (TPSA) is 26.0 Å². The molecule has 0 amide bonds. The van der Waals surface area contributed by atoms with Crippen molar-refractivity contribution in [2.75, 3.05) is 5.73 Å². The summed E-state index contributed by atoms with van der Waals surface area (Å²) in [7, 11) is 0. The Morgan fingerprint density at radius 3 is 2.20 bits per heavy atom. The van der Waals surface area contributed by atoms with Gasteiger partial charge in [-0.25, -0.2) is 0 Å². The zero-order valence-corrected chi connectivity index (χ0v) is 12.2. The maximum absolute atomic E-state index is 12.6. The van der Waals surface area contributed by atoms with E-state index in [0.717, 1.165) is 17.7 Å². The van der Waals surface area contributed by atoms with Gasteiger partial charge in [-0.3, -0.25) is 0 Å². The van der Waals surface area contributed by atoms with Gasteiger partial charge in [0.25, 0.3) is 0 Å². The highest BCUT2D eigenvalue weighted by molar-refractivity contribution is 5.67. The molecule has 0 saturated carbocycles. The van der Waals surface area contributed by atoms with Crippen LogP contribution in [0.2, 0.25) is 0 Å². The predicted octanol–water partition coefficient (Wildman–Crippen LogP) is 5.09. The maximum atomic E-state index is 12.6. The summed E-state index contributed by atoms with van der Waals surface area (Å²) in [6.07, 6.45) is -0.840. The zero-order valence-electron chi connectivity index (χ0n) is 12.2. The van der Waals surface area contributed by atoms with Crippen molar-refractivity contribution in [2.24, 2.45) is 0 Å². The van der Waals surface area contributed by atoms with E-state index in [1.165, 1.54) is 13.0 Å². The van der Waals surface area contributed by atoms with Gasteiger partial charge in [0.1, 0.15) is 0 Å². The van der Waals surface area contributed by atoms with Gasteiger partial charge in [0.05, 0.1) is 5.57 Å². The molecule has 0 spiro atoms. The van der Waals surface area contributed by atoms with Crippen LogP contribution < -0.4 is 5.73 Å². The van der Waals surface area contributed by atoms with Gasteiger partial charge < -0.3 is 5.73 Å². The first-order chi connectivity index (χ1) is 9.05. The Morgan fingerprint density at radius 2 is 1.75 bits per heavy atom. The highest BCUT2D eigenvalue weighted by Gasteiger charge is 2.30. The number of nitrogens with two attached hydrogens (primary N) is 1. The number of hydrogen-bond acceptors (Lipinski definition) is 1. The summed E-state index contributed by atoms with van der Waals surface area (Å²) < 4.78 is 37.9. The van der Waals surface area contributed by atoms with Gasteiger partial charge in [-0.15, -0.1) is 0 Å². The van der Waals surface area contributed by atoms with Crippen LogP contribution >= 0.6 is 0 Å². The van der Waals surface area contributed by atoms with Crippen molar-refractivity contribution in [1.82, 2.24) is 0 Å². The highest BCUT2D eigenvalue weighted by Crippen LogP contribution is 2.29. The monoisotopic (exact) mass is 283 g/mol. The summed E-state index contributed by atoms with van der Waals surface area (Å²) in [5.41, 5.74) is 7.15. The molecule has 0 aromatic heterocycles. The van der Waals surface area contributed by atoms with Gasteiger partial charge in [0.15, 0.2) is 0 Å². The average Bonchev–Trinajstić information content (AvgIpc) is 2.28. The summed E-state index contributed by atoms with van der Waals surface area (Å²) >= 11 is 0. The highest BCUT2D eigenvalue weighted by atomic mass is 19.4. The Labute approximate surface area is 118 Å². The van der Waals surface area contributed by atoms with E-state index in [2.05, 4.69) is 0 Å². The zero-order chi connectivity index (χ0) is 15.6. The minimum absolute atomic E-state index is 0.0796. The lowest BCUT2D eigenvalue weighted by molar-refractivity contribution is -0.0882. The van der Waals surface area contributed by atoms with E-state index >= 15 is 0 Å². The summed E-state index contributed by atoms with van der Waals surface area (Å²) in [6, 6.07) is 5.45. The second-order valence-corrected chi connectivity index (χ2v) is 5.67. The minimum atomic E-state index is -4.35. The molecule has 0 aliphatic heterocycles. The Bertz CT molecular complexity index is 532. The van der Waals surface area contributed by atoms with E-state index in [0.29, 0.717) is 11.3 Å². The molecule has 1 aromatic rings. The van der Waals surface area contributed by atoms with E-state index in [1.807, 2.05) is 32.9 Å². The Hall–Kier alpha value is -1.71. The van der Waals surface area contributed by atoms with Gasteiger partial charge in [0, 0.05) is 5.69 Å². The maximum Gasteiger partial charge on any atom is 0.416 e. The molecule has 0 unspecified atom stereocenters. The third kappa shape index (κ3) is 4.15. The molecule has 110 valence electrons. The first kappa shape index (κ1) is 16.3. The van der Waals surface area contributed by atoms with Crippen LogP contribution in [0.1, 0.15) is 38.8 Å². The van der Waals surface area contributed by atoms with Gasteiger partial charge in [-0.1, -0.05) is 39.0 Å². The fraction of sp³-hybridized carbons (Fsp3) is 0.375. The fourth-order valence-electron chi connectivity index (χ4n) is 1.72. The third-order valence-electron chi connectivity index (χ3n) is 3.03. The fourth-order valence-corrected chi connectivity index (χ4v) is 1.72. The van der Waals surface area contributed by atoms with Crippen molar-refractivity contribution >= 4 is 11.8 Å². The number of halogens is 3. The normalized spacial score (nSPS) is 14.1. The summed E-state index contributed by atoms with van der Waals surface area (Å²) in [5.74, 6) is 0. The van der Waals surface area contributed by atoms with Crippen LogP contribution in [0.4, 0.5) is 18.9 Å². The number of allylic oxidation sites excluding steroid dienone is 3. The second-order valence-electron chi connectivity index (χ2n) is 5.67. The summed E-state index contributed by atoms with van der Waals surface area (Å²) in [5, 5.41) is 0. The van der Waals surface area contributed by atoms with Gasteiger partial charge >= 0.3 is 6.18 Å². The van der Waals surface area contributed by atoms with Gasteiger partial charge in [0.2, 0.25) is 0 Å². The number of nitrogen functional groups attached to an aromatic ring is 1. The molecular formula is C16H20F3N. The molecule has 0 saturated heterocycles. The lowest BCUT2D eigenvalue weighted by atomic mass is 9.86. The van der Waals surface area contributed by atoms with Crippen molar-refractivity contribution in [3.8, 4) is 0 Å². The van der Waals surface area contributed by atoms with Crippen LogP contribution in [0.25, 0.3) is 6.08 Å². The van der Waals surface area contributed by atoms with Gasteiger partial charge in [-0.2, -0.15) is 13.2 Å². The summed E-state index contributed by atoms with van der Waals surface area (Å²) in [6.45, 7) is 7.49. The van der Waals surface area contributed by atoms with E-state index in [4.69, 9.17) is 5.73 Å². The smallest absolute Gasteiger partial charge is 0.398 e. The third-order valence-corrected chi connectivity index (χ3v) is 3.03. The Balaban J connectivity index is 3.15. The molecule has 4 heteroatoms. The molecule has 0 heterocycles. The first-order valence-corrected chi connectivity index (χ1v) is 6.37. The lowest BCUT2D eigenvalue weighted by Crippen LogP contribution is -2.11. The molecule has 1 rings (SSSR count). The molecule has 0 aliphatic rings. The van der Waals surface area contributed by atoms with Crippen molar-refractivity contribution in [1.29, 1.82) is 0 Å². The largest absolute Gasteiger partial charge is 0.416 e. The van der Waals surface area contributed by atoms with Crippen molar-refractivity contribution in [3.63, 3.8) is 0 Å². The molecule has 0 bridgehead atoms. The van der Waals surface area contributed by atoms with Crippen LogP contribution in [0.15, 0.2) is 35.9 Å². The molecule has 1 nitrogen and oxygen atoms in total. The van der Waals surface area contributed by atoms with Crippen LogP contribution in [-0.2, 0) is 5.41 Å². The van der Waals surface area contributed by atoms with E-state index < -0.39 is 11.7 Å². The molecule has 0 atom stereocenters.